The van der Waals surface area contributed by atoms with Gasteiger partial charge in [0.2, 0.25) is 5.96 Å². The van der Waals surface area contributed by atoms with Crippen molar-refractivity contribution in [1.82, 2.24) is 10.6 Å². The number of anilines is 1. The highest BCUT2D eigenvalue weighted by Crippen LogP contribution is 2.32. The Kier molecular flexibility index (Phi) is 7.49. The number of aliphatic imine (C=N–C) groups is 1. The van der Waals surface area contributed by atoms with E-state index in [1.807, 2.05) is 30.3 Å². The van der Waals surface area contributed by atoms with Crippen LogP contribution >= 0.6 is 0 Å². The van der Waals surface area contributed by atoms with E-state index in [9.17, 15) is 9.59 Å². The third-order valence-corrected chi connectivity index (χ3v) is 4.83. The van der Waals surface area contributed by atoms with Crippen LogP contribution in [0.3, 0.4) is 0 Å². The topological polar surface area (TPSA) is 101 Å². The minimum absolute atomic E-state index is 0.0414. The van der Waals surface area contributed by atoms with Gasteiger partial charge in [0, 0.05) is 5.69 Å². The fourth-order valence-corrected chi connectivity index (χ4v) is 3.56. The summed E-state index contributed by atoms with van der Waals surface area (Å²) in [7, 11) is 0. The molecule has 0 bridgehead atoms. The van der Waals surface area contributed by atoms with E-state index in [1.54, 1.807) is 41.5 Å². The zero-order valence-corrected chi connectivity index (χ0v) is 20.7. The van der Waals surface area contributed by atoms with Gasteiger partial charge in [0.05, 0.1) is 12.6 Å². The van der Waals surface area contributed by atoms with Crippen LogP contribution in [0.25, 0.3) is 0 Å². The van der Waals surface area contributed by atoms with Crippen LogP contribution in [-0.2, 0) is 15.9 Å². The highest BCUT2D eigenvalue weighted by atomic mass is 16.6. The van der Waals surface area contributed by atoms with Gasteiger partial charge in [-0.1, -0.05) is 42.5 Å². The third kappa shape index (κ3) is 7.50. The van der Waals surface area contributed by atoms with Gasteiger partial charge in [-0.15, -0.1) is 0 Å². The van der Waals surface area contributed by atoms with Gasteiger partial charge in [0.1, 0.15) is 11.2 Å². The molecule has 34 heavy (non-hydrogen) atoms. The second kappa shape index (κ2) is 10.2. The smallest absolute Gasteiger partial charge is 0.414 e. The maximum absolute atomic E-state index is 12.4. The second-order valence-electron chi connectivity index (χ2n) is 10.2. The molecule has 1 atom stereocenters. The molecule has 2 aromatic carbocycles. The van der Waals surface area contributed by atoms with Crippen molar-refractivity contribution >= 4 is 23.8 Å². The molecule has 0 radical (unpaired) electrons. The van der Waals surface area contributed by atoms with E-state index in [2.05, 4.69) is 39.1 Å². The number of hydrogen-bond donors (Lipinski definition) is 3. The fraction of sp³-hybridized carbons (Fsp3) is 0.423. The normalized spacial score (nSPS) is 14.9. The van der Waals surface area contributed by atoms with Gasteiger partial charge in [-0.2, -0.15) is 0 Å². The molecule has 3 rings (SSSR count). The SMILES string of the molecule is CC(C)(C)OC(=O)NC(=NCC1Nc2ccccc2Cc2ccccc21)NC(=O)OC(C)(C)C. The fourth-order valence-electron chi connectivity index (χ4n) is 3.56. The molecule has 8 heteroatoms. The van der Waals surface area contributed by atoms with E-state index in [1.165, 1.54) is 11.1 Å². The highest BCUT2D eigenvalue weighted by molar-refractivity contribution is 6.01. The van der Waals surface area contributed by atoms with Crippen molar-refractivity contribution in [2.75, 3.05) is 11.9 Å². The summed E-state index contributed by atoms with van der Waals surface area (Å²) >= 11 is 0. The molecule has 3 N–H and O–H groups in total. The lowest BCUT2D eigenvalue weighted by Crippen LogP contribution is -2.47. The zero-order valence-electron chi connectivity index (χ0n) is 20.7. The standard InChI is InChI=1S/C26H34N4O4/c1-25(2,3)33-23(31)29-22(30-24(32)34-26(4,5)6)27-16-21-19-13-9-7-11-17(19)15-18-12-8-10-14-20(18)28-21/h7-14,21,28H,15-16H2,1-6H3,(H2,27,29,30,31,32). The van der Waals surface area contributed by atoms with Crippen LogP contribution in [0.2, 0.25) is 0 Å². The first kappa shape index (κ1) is 25.1. The zero-order chi connectivity index (χ0) is 24.9. The third-order valence-electron chi connectivity index (χ3n) is 4.83. The Bertz CT molecular complexity index is 1030. The van der Waals surface area contributed by atoms with Crippen LogP contribution in [0.5, 0.6) is 0 Å². The minimum atomic E-state index is -0.720. The van der Waals surface area contributed by atoms with E-state index in [-0.39, 0.29) is 18.5 Å². The second-order valence-corrected chi connectivity index (χ2v) is 10.2. The van der Waals surface area contributed by atoms with Gasteiger partial charge in [0.15, 0.2) is 0 Å². The van der Waals surface area contributed by atoms with E-state index in [0.29, 0.717) is 0 Å². The molecule has 1 heterocycles. The number of fused-ring (bicyclic) bond motifs is 2. The summed E-state index contributed by atoms with van der Waals surface area (Å²) in [6.45, 7) is 10.8. The van der Waals surface area contributed by atoms with Gasteiger partial charge < -0.3 is 14.8 Å². The molecule has 1 aliphatic heterocycles. The van der Waals surface area contributed by atoms with Crippen molar-refractivity contribution in [3.8, 4) is 0 Å². The molecule has 0 aliphatic carbocycles. The van der Waals surface area contributed by atoms with E-state index in [0.717, 1.165) is 17.7 Å². The molecule has 8 nitrogen and oxygen atoms in total. The summed E-state index contributed by atoms with van der Waals surface area (Å²) in [5.41, 5.74) is 3.12. The lowest BCUT2D eigenvalue weighted by atomic mass is 9.97. The number of alkyl carbamates (subject to hydrolysis) is 2. The Labute approximate surface area is 201 Å². The average Bonchev–Trinajstić information content (AvgIpc) is 2.85. The molecule has 0 saturated carbocycles. The lowest BCUT2D eigenvalue weighted by Gasteiger charge is -2.23. The molecule has 0 spiro atoms. The first-order valence-corrected chi connectivity index (χ1v) is 11.4. The molecule has 0 saturated heterocycles. The summed E-state index contributed by atoms with van der Waals surface area (Å²) in [5, 5.41) is 8.63. The number of carbonyl (C=O) groups is 2. The maximum Gasteiger partial charge on any atom is 0.414 e. The Morgan fingerprint density at radius 2 is 1.41 bits per heavy atom. The van der Waals surface area contributed by atoms with Gasteiger partial charge in [-0.05, 0) is 70.7 Å². The summed E-state index contributed by atoms with van der Waals surface area (Å²) in [6.07, 6.45) is -0.637. The number of para-hydroxylation sites is 1. The van der Waals surface area contributed by atoms with Crippen LogP contribution in [0.15, 0.2) is 53.5 Å². The number of nitrogens with zero attached hydrogens (tertiary/aromatic N) is 1. The largest absolute Gasteiger partial charge is 0.444 e. The van der Waals surface area contributed by atoms with Crippen LogP contribution in [-0.4, -0.2) is 35.9 Å². The number of ether oxygens (including phenoxy) is 2. The summed E-state index contributed by atoms with van der Waals surface area (Å²) in [4.78, 5) is 29.3. The summed E-state index contributed by atoms with van der Waals surface area (Å²) in [5.74, 6) is -0.0414. The molecule has 182 valence electrons. The first-order valence-electron chi connectivity index (χ1n) is 11.4. The predicted molar refractivity (Wildman–Crippen MR) is 133 cm³/mol. The van der Waals surface area contributed by atoms with Gasteiger partial charge in [-0.3, -0.25) is 10.6 Å². The number of amides is 2. The number of rotatable bonds is 2. The van der Waals surface area contributed by atoms with Crippen molar-refractivity contribution in [3.63, 3.8) is 0 Å². The summed E-state index contributed by atoms with van der Waals surface area (Å²) in [6, 6.07) is 16.2. The van der Waals surface area contributed by atoms with Crippen LogP contribution in [0, 0.1) is 0 Å². The lowest BCUT2D eigenvalue weighted by molar-refractivity contribution is 0.0545. The monoisotopic (exact) mass is 466 g/mol. The number of guanidine groups is 1. The molecule has 0 aromatic heterocycles. The quantitative estimate of drug-likeness (QED) is 0.420. The van der Waals surface area contributed by atoms with Crippen molar-refractivity contribution in [2.45, 2.75) is 65.2 Å². The van der Waals surface area contributed by atoms with Gasteiger partial charge in [-0.25, -0.2) is 14.6 Å². The van der Waals surface area contributed by atoms with Gasteiger partial charge >= 0.3 is 12.2 Å². The average molecular weight is 467 g/mol. The summed E-state index contributed by atoms with van der Waals surface area (Å²) < 4.78 is 10.7. The van der Waals surface area contributed by atoms with Crippen molar-refractivity contribution in [3.05, 3.63) is 65.2 Å². The minimum Gasteiger partial charge on any atom is -0.444 e. The molecule has 1 unspecified atom stereocenters. The Morgan fingerprint density at radius 3 is 2.00 bits per heavy atom. The first-order chi connectivity index (χ1) is 15.9. The molecule has 0 fully saturated rings. The van der Waals surface area contributed by atoms with E-state index in [4.69, 9.17) is 9.47 Å². The Hall–Kier alpha value is -3.55. The van der Waals surface area contributed by atoms with Crippen molar-refractivity contribution < 1.29 is 19.1 Å². The van der Waals surface area contributed by atoms with E-state index < -0.39 is 23.4 Å². The molecule has 1 aliphatic rings. The predicted octanol–water partition coefficient (Wildman–Crippen LogP) is 5.15. The van der Waals surface area contributed by atoms with Gasteiger partial charge in [0.25, 0.3) is 0 Å². The number of hydrogen-bond acceptors (Lipinski definition) is 6. The highest BCUT2D eigenvalue weighted by Gasteiger charge is 2.24. The molecular weight excluding hydrogens is 432 g/mol. The molecular formula is C26H34N4O4. The Morgan fingerprint density at radius 1 is 0.882 bits per heavy atom. The van der Waals surface area contributed by atoms with E-state index >= 15 is 0 Å². The number of nitrogens with one attached hydrogen (secondary N) is 3. The molecule has 2 amide bonds. The van der Waals surface area contributed by atoms with Crippen molar-refractivity contribution in [2.24, 2.45) is 4.99 Å². The van der Waals surface area contributed by atoms with Crippen LogP contribution in [0.4, 0.5) is 15.3 Å². The number of carbonyl (C=O) groups excluding carboxylic acids is 2. The Balaban J connectivity index is 1.86. The number of benzene rings is 2. The molecule has 2 aromatic rings. The van der Waals surface area contributed by atoms with Crippen molar-refractivity contribution in [1.29, 1.82) is 0 Å². The van der Waals surface area contributed by atoms with Crippen LogP contribution in [0.1, 0.15) is 64.3 Å². The van der Waals surface area contributed by atoms with Crippen LogP contribution < -0.4 is 16.0 Å². The maximum atomic E-state index is 12.4.